The second kappa shape index (κ2) is 7.34. The number of nitrogens with one attached hydrogen (secondary N) is 2. The number of carbonyl (C=O) groups excluding carboxylic acids is 1. The number of urea groups is 1. The number of amides is 2. The maximum Gasteiger partial charge on any atom is 0.319 e. The van der Waals surface area contributed by atoms with Gasteiger partial charge in [0.15, 0.2) is 0 Å². The first kappa shape index (κ1) is 16.3. The molecule has 2 N–H and O–H groups in total. The highest BCUT2D eigenvalue weighted by Crippen LogP contribution is 2.32. The van der Waals surface area contributed by atoms with Crippen LogP contribution in [0.3, 0.4) is 0 Å². The van der Waals surface area contributed by atoms with Gasteiger partial charge in [0.05, 0.1) is 12.3 Å². The summed E-state index contributed by atoms with van der Waals surface area (Å²) in [6.07, 6.45) is 4.58. The van der Waals surface area contributed by atoms with Crippen LogP contribution in [0, 0.1) is 13.8 Å². The van der Waals surface area contributed by atoms with E-state index in [1.807, 2.05) is 38.2 Å². The van der Waals surface area contributed by atoms with Crippen LogP contribution in [0.1, 0.15) is 28.8 Å². The minimum absolute atomic E-state index is 0.220. The number of aryl methyl sites for hydroxylation is 3. The van der Waals surface area contributed by atoms with Crippen molar-refractivity contribution in [1.29, 1.82) is 0 Å². The van der Waals surface area contributed by atoms with Gasteiger partial charge < -0.3 is 15.4 Å². The fourth-order valence-electron chi connectivity index (χ4n) is 2.95. The van der Waals surface area contributed by atoms with Crippen LogP contribution >= 0.6 is 0 Å². The number of ether oxygens (including phenoxy) is 1. The maximum absolute atomic E-state index is 12.1. The molecule has 0 bridgehead atoms. The normalized spacial score (nSPS) is 12.9. The minimum atomic E-state index is -0.220. The van der Waals surface area contributed by atoms with Crippen molar-refractivity contribution in [2.24, 2.45) is 0 Å². The maximum atomic E-state index is 12.1. The standard InChI is InChI=1S/C19H23N3O2/c1-13-11-14(2)16(21-12-13)8-9-20-19(23)22-17-7-3-5-15-6-4-10-24-18(15)17/h3,5,7,11-12H,4,6,8-10H2,1-2H3,(H2,20,22,23). The third-order valence-electron chi connectivity index (χ3n) is 4.15. The molecule has 0 unspecified atom stereocenters. The Morgan fingerprint density at radius 1 is 1.33 bits per heavy atom. The summed E-state index contributed by atoms with van der Waals surface area (Å²) in [5, 5.41) is 5.77. The van der Waals surface area contributed by atoms with Gasteiger partial charge in [0.2, 0.25) is 0 Å². The quantitative estimate of drug-likeness (QED) is 0.906. The van der Waals surface area contributed by atoms with E-state index in [4.69, 9.17) is 4.74 Å². The zero-order chi connectivity index (χ0) is 16.9. The summed E-state index contributed by atoms with van der Waals surface area (Å²) in [5.74, 6) is 0.801. The molecule has 1 aliphatic rings. The van der Waals surface area contributed by atoms with Crippen molar-refractivity contribution in [3.63, 3.8) is 0 Å². The van der Waals surface area contributed by atoms with Crippen molar-refractivity contribution >= 4 is 11.7 Å². The summed E-state index contributed by atoms with van der Waals surface area (Å²) in [7, 11) is 0. The lowest BCUT2D eigenvalue weighted by Crippen LogP contribution is -2.31. The second-order valence-corrected chi connectivity index (χ2v) is 6.15. The molecule has 0 saturated carbocycles. The Balaban J connectivity index is 1.55. The first-order chi connectivity index (χ1) is 11.6. The number of para-hydroxylation sites is 1. The summed E-state index contributed by atoms with van der Waals surface area (Å²) in [4.78, 5) is 16.6. The Hall–Kier alpha value is -2.56. The van der Waals surface area contributed by atoms with Gasteiger partial charge in [0.1, 0.15) is 5.75 Å². The van der Waals surface area contributed by atoms with E-state index in [0.29, 0.717) is 19.6 Å². The lowest BCUT2D eigenvalue weighted by Gasteiger charge is -2.20. The van der Waals surface area contributed by atoms with Crippen LogP contribution in [-0.2, 0) is 12.8 Å². The third-order valence-corrected chi connectivity index (χ3v) is 4.15. The molecule has 3 rings (SSSR count). The van der Waals surface area contributed by atoms with E-state index in [-0.39, 0.29) is 6.03 Å². The van der Waals surface area contributed by atoms with Crippen LogP contribution in [0.15, 0.2) is 30.5 Å². The van der Waals surface area contributed by atoms with E-state index in [0.717, 1.165) is 46.7 Å². The zero-order valence-corrected chi connectivity index (χ0v) is 14.2. The molecule has 1 aliphatic heterocycles. The van der Waals surface area contributed by atoms with Crippen molar-refractivity contribution in [2.45, 2.75) is 33.1 Å². The molecular formula is C19H23N3O2. The van der Waals surface area contributed by atoms with E-state index in [9.17, 15) is 4.79 Å². The fraction of sp³-hybridized carbons (Fsp3) is 0.368. The van der Waals surface area contributed by atoms with Crippen LogP contribution in [0.5, 0.6) is 5.75 Å². The highest BCUT2D eigenvalue weighted by Gasteiger charge is 2.15. The Morgan fingerprint density at radius 2 is 2.21 bits per heavy atom. The first-order valence-corrected chi connectivity index (χ1v) is 8.35. The van der Waals surface area contributed by atoms with Crippen LogP contribution in [0.4, 0.5) is 10.5 Å². The number of rotatable bonds is 4. The smallest absolute Gasteiger partial charge is 0.319 e. The number of hydrogen-bond donors (Lipinski definition) is 2. The Bertz CT molecular complexity index is 743. The highest BCUT2D eigenvalue weighted by molar-refractivity contribution is 5.91. The molecule has 5 nitrogen and oxygen atoms in total. The molecule has 2 aromatic rings. The van der Waals surface area contributed by atoms with E-state index in [1.54, 1.807) is 0 Å². The molecule has 1 aromatic heterocycles. The average molecular weight is 325 g/mol. The number of fused-ring (bicyclic) bond motifs is 1. The minimum Gasteiger partial charge on any atom is -0.491 e. The number of aromatic nitrogens is 1. The number of carbonyl (C=O) groups is 1. The molecule has 0 spiro atoms. The van der Waals surface area contributed by atoms with Crippen LogP contribution in [0.2, 0.25) is 0 Å². The molecule has 0 atom stereocenters. The third kappa shape index (κ3) is 3.85. The zero-order valence-electron chi connectivity index (χ0n) is 14.2. The molecule has 2 amide bonds. The number of nitrogens with zero attached hydrogens (tertiary/aromatic N) is 1. The van der Waals surface area contributed by atoms with Crippen molar-refractivity contribution < 1.29 is 9.53 Å². The highest BCUT2D eigenvalue weighted by atomic mass is 16.5. The molecular weight excluding hydrogens is 302 g/mol. The molecule has 0 radical (unpaired) electrons. The molecule has 0 fully saturated rings. The second-order valence-electron chi connectivity index (χ2n) is 6.15. The number of anilines is 1. The van der Waals surface area contributed by atoms with Crippen molar-refractivity contribution in [2.75, 3.05) is 18.5 Å². The van der Waals surface area contributed by atoms with Gasteiger partial charge in [-0.3, -0.25) is 4.98 Å². The van der Waals surface area contributed by atoms with Crippen LogP contribution in [-0.4, -0.2) is 24.2 Å². The van der Waals surface area contributed by atoms with E-state index >= 15 is 0 Å². The average Bonchev–Trinajstić information content (AvgIpc) is 2.57. The van der Waals surface area contributed by atoms with Gasteiger partial charge in [-0.05, 0) is 49.4 Å². The lowest BCUT2D eigenvalue weighted by molar-refractivity contribution is 0.251. The predicted molar refractivity (Wildman–Crippen MR) is 94.7 cm³/mol. The molecule has 2 heterocycles. The summed E-state index contributed by atoms with van der Waals surface area (Å²) in [5.41, 5.74) is 5.20. The number of pyridine rings is 1. The van der Waals surface area contributed by atoms with Gasteiger partial charge >= 0.3 is 6.03 Å². The Kier molecular flexibility index (Phi) is 4.99. The number of benzene rings is 1. The van der Waals surface area contributed by atoms with E-state index in [1.165, 1.54) is 0 Å². The first-order valence-electron chi connectivity index (χ1n) is 8.35. The predicted octanol–water partition coefficient (Wildman–Crippen LogP) is 3.39. The fourth-order valence-corrected chi connectivity index (χ4v) is 2.95. The van der Waals surface area contributed by atoms with E-state index in [2.05, 4.69) is 21.7 Å². The Morgan fingerprint density at radius 3 is 3.04 bits per heavy atom. The monoisotopic (exact) mass is 325 g/mol. The van der Waals surface area contributed by atoms with Crippen molar-refractivity contribution in [3.8, 4) is 5.75 Å². The molecule has 5 heteroatoms. The van der Waals surface area contributed by atoms with Crippen LogP contribution < -0.4 is 15.4 Å². The summed E-state index contributed by atoms with van der Waals surface area (Å²) in [6.45, 7) is 5.31. The van der Waals surface area contributed by atoms with Gasteiger partial charge in [-0.15, -0.1) is 0 Å². The molecule has 0 saturated heterocycles. The molecule has 126 valence electrons. The van der Waals surface area contributed by atoms with Gasteiger partial charge in [0.25, 0.3) is 0 Å². The lowest BCUT2D eigenvalue weighted by atomic mass is 10.1. The van der Waals surface area contributed by atoms with Crippen molar-refractivity contribution in [3.05, 3.63) is 52.8 Å². The van der Waals surface area contributed by atoms with Gasteiger partial charge in [-0.25, -0.2) is 4.79 Å². The summed E-state index contributed by atoms with van der Waals surface area (Å²) < 4.78 is 5.70. The summed E-state index contributed by atoms with van der Waals surface area (Å²) >= 11 is 0. The Labute approximate surface area is 142 Å². The van der Waals surface area contributed by atoms with Gasteiger partial charge in [0, 0.05) is 24.9 Å². The molecule has 24 heavy (non-hydrogen) atoms. The largest absolute Gasteiger partial charge is 0.491 e. The molecule has 1 aromatic carbocycles. The van der Waals surface area contributed by atoms with E-state index < -0.39 is 0 Å². The van der Waals surface area contributed by atoms with Crippen molar-refractivity contribution in [1.82, 2.24) is 10.3 Å². The van der Waals surface area contributed by atoms with Gasteiger partial charge in [-0.1, -0.05) is 18.2 Å². The topological polar surface area (TPSA) is 63.2 Å². The van der Waals surface area contributed by atoms with Gasteiger partial charge in [-0.2, -0.15) is 0 Å². The summed E-state index contributed by atoms with van der Waals surface area (Å²) in [6, 6.07) is 7.75. The SMILES string of the molecule is Cc1cnc(CCNC(=O)Nc2cccc3c2OCCC3)c(C)c1. The van der Waals surface area contributed by atoms with Crippen LogP contribution in [0.25, 0.3) is 0 Å². The number of hydrogen-bond acceptors (Lipinski definition) is 3. The molecule has 0 aliphatic carbocycles.